The van der Waals surface area contributed by atoms with E-state index in [0.29, 0.717) is 5.92 Å². The van der Waals surface area contributed by atoms with Crippen molar-refractivity contribution in [2.45, 2.75) is 18.8 Å². The monoisotopic (exact) mass is 193 g/mol. The van der Waals surface area contributed by atoms with E-state index in [-0.39, 0.29) is 5.82 Å². The van der Waals surface area contributed by atoms with E-state index in [1.807, 2.05) is 19.2 Å². The van der Waals surface area contributed by atoms with Gasteiger partial charge in [-0.05, 0) is 56.0 Å². The molecule has 1 fully saturated rings. The van der Waals surface area contributed by atoms with Gasteiger partial charge in [-0.1, -0.05) is 12.1 Å². The van der Waals surface area contributed by atoms with Crippen molar-refractivity contribution in [1.29, 1.82) is 0 Å². The number of halogens is 1. The van der Waals surface area contributed by atoms with Crippen LogP contribution in [0.2, 0.25) is 0 Å². The van der Waals surface area contributed by atoms with Crippen LogP contribution >= 0.6 is 0 Å². The molecule has 2 heteroatoms. The maximum absolute atomic E-state index is 12.7. The zero-order chi connectivity index (χ0) is 9.97. The number of benzene rings is 1. The van der Waals surface area contributed by atoms with Gasteiger partial charge in [0.1, 0.15) is 5.82 Å². The highest BCUT2D eigenvalue weighted by Crippen LogP contribution is 2.41. The second-order valence-corrected chi connectivity index (χ2v) is 4.05. The van der Waals surface area contributed by atoms with Gasteiger partial charge in [-0.15, -0.1) is 0 Å². The van der Waals surface area contributed by atoms with E-state index >= 15 is 0 Å². The fourth-order valence-corrected chi connectivity index (χ4v) is 2.22. The topological polar surface area (TPSA) is 12.0 Å². The number of rotatable bonds is 3. The lowest BCUT2D eigenvalue weighted by atomic mass is 9.70. The fraction of sp³-hybridized carbons (Fsp3) is 0.500. The van der Waals surface area contributed by atoms with Crippen LogP contribution in [0.25, 0.3) is 0 Å². The largest absolute Gasteiger partial charge is 0.319 e. The molecule has 76 valence electrons. The molecule has 0 amide bonds. The fourth-order valence-electron chi connectivity index (χ4n) is 2.22. The van der Waals surface area contributed by atoms with Crippen LogP contribution in [0.3, 0.4) is 0 Å². The van der Waals surface area contributed by atoms with Crippen molar-refractivity contribution in [2.24, 2.45) is 5.92 Å². The van der Waals surface area contributed by atoms with Gasteiger partial charge in [-0.3, -0.25) is 0 Å². The first-order valence-corrected chi connectivity index (χ1v) is 5.21. The van der Waals surface area contributed by atoms with Gasteiger partial charge >= 0.3 is 0 Å². The van der Waals surface area contributed by atoms with E-state index in [0.717, 1.165) is 12.5 Å². The minimum Gasteiger partial charge on any atom is -0.319 e. The van der Waals surface area contributed by atoms with Gasteiger partial charge in [-0.2, -0.15) is 0 Å². The quantitative estimate of drug-likeness (QED) is 0.778. The highest BCUT2D eigenvalue weighted by molar-refractivity contribution is 5.23. The van der Waals surface area contributed by atoms with Crippen LogP contribution in [0.4, 0.5) is 4.39 Å². The number of hydrogen-bond donors (Lipinski definition) is 1. The van der Waals surface area contributed by atoms with Gasteiger partial charge < -0.3 is 5.32 Å². The predicted octanol–water partition coefficient (Wildman–Crippen LogP) is 2.54. The number of nitrogens with one attached hydrogen (secondary N) is 1. The molecular formula is C12H16FN. The molecule has 0 radical (unpaired) electrons. The minimum atomic E-state index is -0.141. The maximum Gasteiger partial charge on any atom is 0.123 e. The molecule has 2 atom stereocenters. The Balaban J connectivity index is 2.04. The van der Waals surface area contributed by atoms with Crippen LogP contribution in [0.1, 0.15) is 24.3 Å². The molecule has 2 rings (SSSR count). The first-order valence-electron chi connectivity index (χ1n) is 5.21. The lowest BCUT2D eigenvalue weighted by molar-refractivity contribution is 0.250. The second kappa shape index (κ2) is 4.09. The highest BCUT2D eigenvalue weighted by atomic mass is 19.1. The molecule has 1 aromatic carbocycles. The summed E-state index contributed by atoms with van der Waals surface area (Å²) in [4.78, 5) is 0. The minimum absolute atomic E-state index is 0.141. The van der Waals surface area contributed by atoms with Crippen molar-refractivity contribution in [3.63, 3.8) is 0 Å². The molecule has 0 heterocycles. The zero-order valence-electron chi connectivity index (χ0n) is 8.46. The Bertz CT molecular complexity index is 294. The molecule has 1 saturated carbocycles. The van der Waals surface area contributed by atoms with Crippen LogP contribution < -0.4 is 5.32 Å². The van der Waals surface area contributed by atoms with Crippen LogP contribution in [-0.2, 0) is 0 Å². The summed E-state index contributed by atoms with van der Waals surface area (Å²) in [7, 11) is 1.99. The van der Waals surface area contributed by atoms with Crippen LogP contribution in [0, 0.1) is 11.7 Å². The molecule has 2 unspecified atom stereocenters. The summed E-state index contributed by atoms with van der Waals surface area (Å²) < 4.78 is 12.7. The van der Waals surface area contributed by atoms with Gasteiger partial charge in [0, 0.05) is 0 Å². The van der Waals surface area contributed by atoms with Crippen molar-refractivity contribution >= 4 is 0 Å². The normalized spacial score (nSPS) is 25.9. The van der Waals surface area contributed by atoms with E-state index < -0.39 is 0 Å². The van der Waals surface area contributed by atoms with E-state index in [1.165, 1.54) is 18.4 Å². The van der Waals surface area contributed by atoms with Crippen LogP contribution in [0.5, 0.6) is 0 Å². The average molecular weight is 193 g/mol. The predicted molar refractivity (Wildman–Crippen MR) is 55.8 cm³/mol. The van der Waals surface area contributed by atoms with Gasteiger partial charge in [0.05, 0.1) is 0 Å². The molecule has 1 aromatic rings. The van der Waals surface area contributed by atoms with E-state index in [4.69, 9.17) is 0 Å². The van der Waals surface area contributed by atoms with Crippen LogP contribution in [-0.4, -0.2) is 13.6 Å². The lowest BCUT2D eigenvalue weighted by Crippen LogP contribution is -2.32. The molecule has 0 bridgehead atoms. The molecule has 0 aromatic heterocycles. The zero-order valence-corrected chi connectivity index (χ0v) is 8.46. The Labute approximate surface area is 84.3 Å². The highest BCUT2D eigenvalue weighted by Gasteiger charge is 2.31. The van der Waals surface area contributed by atoms with Gasteiger partial charge in [0.2, 0.25) is 0 Å². The number of hydrogen-bond acceptors (Lipinski definition) is 1. The SMILES string of the molecule is CNCC1CCC1c1ccc(F)cc1. The van der Waals surface area contributed by atoms with Gasteiger partial charge in [0.25, 0.3) is 0 Å². The summed E-state index contributed by atoms with van der Waals surface area (Å²) in [6.45, 7) is 1.07. The van der Waals surface area contributed by atoms with Crippen molar-refractivity contribution in [1.82, 2.24) is 5.32 Å². The Kier molecular flexibility index (Phi) is 2.82. The lowest BCUT2D eigenvalue weighted by Gasteiger charge is -2.37. The molecule has 1 aliphatic rings. The van der Waals surface area contributed by atoms with Gasteiger partial charge in [0.15, 0.2) is 0 Å². The van der Waals surface area contributed by atoms with Crippen LogP contribution in [0.15, 0.2) is 24.3 Å². The first kappa shape index (κ1) is 9.66. The molecule has 1 N–H and O–H groups in total. The summed E-state index contributed by atoms with van der Waals surface area (Å²) in [5.74, 6) is 1.24. The third-order valence-electron chi connectivity index (χ3n) is 3.18. The van der Waals surface area contributed by atoms with E-state index in [1.54, 1.807) is 12.1 Å². The van der Waals surface area contributed by atoms with Crippen molar-refractivity contribution in [3.8, 4) is 0 Å². The first-order chi connectivity index (χ1) is 6.81. The molecule has 14 heavy (non-hydrogen) atoms. The summed E-state index contributed by atoms with van der Waals surface area (Å²) in [5.41, 5.74) is 1.29. The molecule has 0 aliphatic heterocycles. The van der Waals surface area contributed by atoms with Crippen molar-refractivity contribution in [2.75, 3.05) is 13.6 Å². The summed E-state index contributed by atoms with van der Waals surface area (Å²) in [6, 6.07) is 6.96. The Morgan fingerprint density at radius 3 is 2.50 bits per heavy atom. The Morgan fingerprint density at radius 1 is 1.29 bits per heavy atom. The molecule has 1 aliphatic carbocycles. The van der Waals surface area contributed by atoms with E-state index in [9.17, 15) is 4.39 Å². The molecule has 1 nitrogen and oxygen atoms in total. The second-order valence-electron chi connectivity index (χ2n) is 4.05. The molecule has 0 saturated heterocycles. The van der Waals surface area contributed by atoms with Crippen molar-refractivity contribution < 1.29 is 4.39 Å². The van der Waals surface area contributed by atoms with Gasteiger partial charge in [-0.25, -0.2) is 4.39 Å². The summed E-state index contributed by atoms with van der Waals surface area (Å²) in [6.07, 6.45) is 2.54. The smallest absolute Gasteiger partial charge is 0.123 e. The molecule has 0 spiro atoms. The summed E-state index contributed by atoms with van der Waals surface area (Å²) in [5, 5.41) is 3.21. The molecular weight excluding hydrogens is 177 g/mol. The third-order valence-corrected chi connectivity index (χ3v) is 3.18. The Morgan fingerprint density at radius 2 is 2.00 bits per heavy atom. The standard InChI is InChI=1S/C12H16FN/c1-14-8-10-4-7-12(10)9-2-5-11(13)6-3-9/h2-3,5-6,10,12,14H,4,7-8H2,1H3. The Hall–Kier alpha value is -0.890. The third kappa shape index (κ3) is 1.80. The average Bonchev–Trinajstić information content (AvgIpc) is 2.16. The van der Waals surface area contributed by atoms with Crippen molar-refractivity contribution in [3.05, 3.63) is 35.6 Å². The summed E-state index contributed by atoms with van der Waals surface area (Å²) >= 11 is 0. The van der Waals surface area contributed by atoms with E-state index in [2.05, 4.69) is 5.32 Å². The maximum atomic E-state index is 12.7.